The van der Waals surface area contributed by atoms with Crippen molar-refractivity contribution in [1.82, 2.24) is 4.98 Å². The summed E-state index contributed by atoms with van der Waals surface area (Å²) >= 11 is 19.5. The van der Waals surface area contributed by atoms with Gasteiger partial charge in [-0.15, -0.1) is 23.1 Å². The second kappa shape index (κ2) is 7.75. The fourth-order valence-corrected chi connectivity index (χ4v) is 3.05. The number of hydrogen-bond donors (Lipinski definition) is 1. The van der Waals surface area contributed by atoms with E-state index in [1.807, 2.05) is 35.9 Å². The molecule has 1 aromatic carbocycles. The van der Waals surface area contributed by atoms with Crippen molar-refractivity contribution in [3.05, 3.63) is 29.6 Å². The van der Waals surface area contributed by atoms with Gasteiger partial charge in [0.15, 0.2) is 5.13 Å². The summed E-state index contributed by atoms with van der Waals surface area (Å²) in [5.41, 5.74) is 1.79. The molecule has 0 bridgehead atoms. The van der Waals surface area contributed by atoms with Crippen molar-refractivity contribution < 1.29 is 9.53 Å². The van der Waals surface area contributed by atoms with E-state index < -0.39 is 9.89 Å². The maximum atomic E-state index is 11.6. The SMILES string of the molecule is CSc1ccccc1-c1csc(NC(=O)OCC(Cl)(Cl)Cl)n1. The molecule has 0 atom stereocenters. The molecule has 0 saturated carbocycles. The average molecular weight is 398 g/mol. The van der Waals surface area contributed by atoms with E-state index in [0.717, 1.165) is 16.2 Å². The van der Waals surface area contributed by atoms with Crippen molar-refractivity contribution in [2.75, 3.05) is 18.2 Å². The topological polar surface area (TPSA) is 51.2 Å². The minimum absolute atomic E-state index is 0.336. The highest BCUT2D eigenvalue weighted by molar-refractivity contribution is 7.98. The molecule has 1 heterocycles. The Kier molecular flexibility index (Phi) is 6.23. The summed E-state index contributed by atoms with van der Waals surface area (Å²) in [7, 11) is 0. The highest BCUT2D eigenvalue weighted by Gasteiger charge is 2.22. The largest absolute Gasteiger partial charge is 0.445 e. The summed E-state index contributed by atoms with van der Waals surface area (Å²) in [6, 6.07) is 7.90. The van der Waals surface area contributed by atoms with Crippen LogP contribution in [0.1, 0.15) is 0 Å². The third-order valence-corrected chi connectivity index (χ3v) is 4.34. The first-order valence-corrected chi connectivity index (χ1v) is 9.22. The molecule has 0 aliphatic heterocycles. The molecule has 0 radical (unpaired) electrons. The number of halogens is 3. The Morgan fingerprint density at radius 3 is 2.82 bits per heavy atom. The van der Waals surface area contributed by atoms with Crippen LogP contribution in [0.4, 0.5) is 9.93 Å². The van der Waals surface area contributed by atoms with Gasteiger partial charge in [-0.05, 0) is 12.3 Å². The Morgan fingerprint density at radius 1 is 1.41 bits per heavy atom. The van der Waals surface area contributed by atoms with Gasteiger partial charge in [0.1, 0.15) is 6.61 Å². The lowest BCUT2D eigenvalue weighted by Crippen LogP contribution is -2.21. The maximum absolute atomic E-state index is 11.6. The molecule has 0 unspecified atom stereocenters. The molecule has 1 amide bonds. The third kappa shape index (κ3) is 5.21. The van der Waals surface area contributed by atoms with Crippen molar-refractivity contribution in [3.8, 4) is 11.3 Å². The number of aromatic nitrogens is 1. The lowest BCUT2D eigenvalue weighted by molar-refractivity contribution is 0.164. The van der Waals surface area contributed by atoms with Gasteiger partial charge in [-0.25, -0.2) is 9.78 Å². The number of rotatable bonds is 4. The van der Waals surface area contributed by atoms with Crippen LogP contribution in [-0.4, -0.2) is 27.7 Å². The van der Waals surface area contributed by atoms with Gasteiger partial charge in [0.2, 0.25) is 3.79 Å². The van der Waals surface area contributed by atoms with Gasteiger partial charge in [0.05, 0.1) is 5.69 Å². The zero-order valence-corrected chi connectivity index (χ0v) is 15.2. The van der Waals surface area contributed by atoms with E-state index in [0.29, 0.717) is 5.13 Å². The molecule has 4 nitrogen and oxygen atoms in total. The number of alkyl halides is 3. The van der Waals surface area contributed by atoms with Crippen LogP contribution in [0.15, 0.2) is 34.5 Å². The number of nitrogens with one attached hydrogen (secondary N) is 1. The summed E-state index contributed by atoms with van der Waals surface area (Å²) in [5, 5.41) is 4.78. The summed E-state index contributed by atoms with van der Waals surface area (Å²) in [5.74, 6) is 0. The number of carbonyl (C=O) groups is 1. The number of thioether (sulfide) groups is 1. The van der Waals surface area contributed by atoms with Gasteiger partial charge in [0.25, 0.3) is 0 Å². The highest BCUT2D eigenvalue weighted by Crippen LogP contribution is 2.32. The van der Waals surface area contributed by atoms with Crippen molar-refractivity contribution >= 4 is 69.1 Å². The Bertz CT molecular complexity index is 659. The van der Waals surface area contributed by atoms with Crippen LogP contribution in [0, 0.1) is 0 Å². The number of hydrogen-bond acceptors (Lipinski definition) is 5. The molecule has 1 N–H and O–H groups in total. The molecule has 1 aromatic heterocycles. The molecule has 118 valence electrons. The fraction of sp³-hybridized carbons (Fsp3) is 0.231. The summed E-state index contributed by atoms with van der Waals surface area (Å²) < 4.78 is 3.15. The van der Waals surface area contributed by atoms with Gasteiger partial charge >= 0.3 is 6.09 Å². The van der Waals surface area contributed by atoms with Crippen molar-refractivity contribution in [2.45, 2.75) is 8.69 Å². The number of ether oxygens (including phenoxy) is 1. The summed E-state index contributed by atoms with van der Waals surface area (Å²) in [6.45, 7) is -0.336. The predicted molar refractivity (Wildman–Crippen MR) is 94.6 cm³/mol. The second-order valence-corrected chi connectivity index (χ2v) is 8.28. The van der Waals surface area contributed by atoms with Crippen LogP contribution in [0.3, 0.4) is 0 Å². The Labute approximate surface area is 151 Å². The van der Waals surface area contributed by atoms with Crippen molar-refractivity contribution in [3.63, 3.8) is 0 Å². The quantitative estimate of drug-likeness (QED) is 0.550. The number of nitrogens with zero attached hydrogens (tertiary/aromatic N) is 1. The molecule has 2 aromatic rings. The Balaban J connectivity index is 2.04. The Morgan fingerprint density at radius 2 is 2.14 bits per heavy atom. The molecule has 22 heavy (non-hydrogen) atoms. The van der Waals surface area contributed by atoms with Crippen molar-refractivity contribution in [2.24, 2.45) is 0 Å². The van der Waals surface area contributed by atoms with Crippen LogP contribution in [0.5, 0.6) is 0 Å². The fourth-order valence-electron chi connectivity index (χ4n) is 1.58. The second-order valence-electron chi connectivity index (χ2n) is 4.05. The van der Waals surface area contributed by atoms with Crippen molar-refractivity contribution in [1.29, 1.82) is 0 Å². The van der Waals surface area contributed by atoms with E-state index in [9.17, 15) is 4.79 Å². The molecule has 2 rings (SSSR count). The number of carbonyl (C=O) groups excluding carboxylic acids is 1. The van der Waals surface area contributed by atoms with Gasteiger partial charge in [-0.1, -0.05) is 53.0 Å². The number of benzene rings is 1. The minimum Gasteiger partial charge on any atom is -0.445 e. The monoisotopic (exact) mass is 396 g/mol. The Hall–Kier alpha value is -0.660. The smallest absolute Gasteiger partial charge is 0.413 e. The molecule has 0 spiro atoms. The molecule has 0 saturated heterocycles. The van der Waals surface area contributed by atoms with Crippen LogP contribution in [0.25, 0.3) is 11.3 Å². The lowest BCUT2D eigenvalue weighted by atomic mass is 10.2. The molecular formula is C13H11Cl3N2O2S2. The summed E-state index contributed by atoms with van der Waals surface area (Å²) in [4.78, 5) is 17.1. The van der Waals surface area contributed by atoms with Gasteiger partial charge in [0, 0.05) is 15.8 Å². The molecule has 0 aliphatic carbocycles. The van der Waals surface area contributed by atoms with E-state index in [4.69, 9.17) is 39.5 Å². The maximum Gasteiger partial charge on any atom is 0.413 e. The first kappa shape index (κ1) is 17.7. The number of anilines is 1. The highest BCUT2D eigenvalue weighted by atomic mass is 35.6. The molecule has 0 fully saturated rings. The predicted octanol–water partition coefficient (Wildman–Crippen LogP) is 5.45. The van der Waals surface area contributed by atoms with E-state index in [2.05, 4.69) is 10.3 Å². The summed E-state index contributed by atoms with van der Waals surface area (Å²) in [6.07, 6.45) is 1.28. The van der Waals surface area contributed by atoms with Gasteiger partial charge in [-0.2, -0.15) is 0 Å². The van der Waals surface area contributed by atoms with E-state index in [1.54, 1.807) is 11.8 Å². The van der Waals surface area contributed by atoms with E-state index in [1.165, 1.54) is 11.3 Å². The standard InChI is InChI=1S/C13H11Cl3N2O2S2/c1-21-10-5-3-2-4-8(10)9-6-22-11(17-9)18-12(19)20-7-13(14,15)16/h2-6H,7H2,1H3,(H,17,18,19). The number of thiazole rings is 1. The third-order valence-electron chi connectivity index (χ3n) is 2.46. The number of amides is 1. The lowest BCUT2D eigenvalue weighted by Gasteiger charge is -2.10. The minimum atomic E-state index is -1.64. The van der Waals surface area contributed by atoms with Crippen LogP contribution < -0.4 is 5.32 Å². The average Bonchev–Trinajstić information content (AvgIpc) is 2.92. The van der Waals surface area contributed by atoms with Crippen LogP contribution in [-0.2, 0) is 4.74 Å². The van der Waals surface area contributed by atoms with Crippen LogP contribution in [0.2, 0.25) is 0 Å². The zero-order chi connectivity index (χ0) is 16.2. The van der Waals surface area contributed by atoms with Gasteiger partial charge < -0.3 is 4.74 Å². The first-order valence-electron chi connectivity index (χ1n) is 5.98. The van der Waals surface area contributed by atoms with Crippen LogP contribution >= 0.6 is 57.9 Å². The molecular weight excluding hydrogens is 387 g/mol. The van der Waals surface area contributed by atoms with E-state index >= 15 is 0 Å². The first-order chi connectivity index (χ1) is 10.4. The molecule has 0 aliphatic rings. The molecule has 9 heteroatoms. The van der Waals surface area contributed by atoms with E-state index in [-0.39, 0.29) is 6.61 Å². The van der Waals surface area contributed by atoms with Gasteiger partial charge in [-0.3, -0.25) is 5.32 Å². The zero-order valence-electron chi connectivity index (χ0n) is 11.3. The normalized spacial score (nSPS) is 11.3.